The predicted octanol–water partition coefficient (Wildman–Crippen LogP) is 4.39. The average Bonchev–Trinajstić information content (AvgIpc) is 3.45. The molecule has 0 aliphatic heterocycles. The second kappa shape index (κ2) is 7.77. The monoisotopic (exact) mass is 407 g/mol. The molecule has 2 aromatic carbocycles. The number of carbonyl (C=O) groups excluding carboxylic acids is 2. The fourth-order valence-corrected chi connectivity index (χ4v) is 3.34. The van der Waals surface area contributed by atoms with Crippen LogP contribution in [0.3, 0.4) is 0 Å². The molecule has 0 spiro atoms. The van der Waals surface area contributed by atoms with Crippen molar-refractivity contribution in [1.29, 1.82) is 0 Å². The minimum atomic E-state index is -4.45. The smallest absolute Gasteiger partial charge is 0.416 e. The lowest BCUT2D eigenvalue weighted by atomic mass is 9.97. The molecule has 0 aromatic heterocycles. The Morgan fingerprint density at radius 2 is 1.86 bits per heavy atom. The van der Waals surface area contributed by atoms with Crippen LogP contribution in [0.2, 0.25) is 0 Å². The summed E-state index contributed by atoms with van der Waals surface area (Å²) in [6, 6.07) is 11.1. The van der Waals surface area contributed by atoms with Crippen molar-refractivity contribution in [3.63, 3.8) is 0 Å². The number of carbonyl (C=O) groups is 2. The molecule has 3 rings (SSSR count). The van der Waals surface area contributed by atoms with E-state index in [2.05, 4.69) is 5.32 Å². The van der Waals surface area contributed by atoms with Crippen LogP contribution in [0.5, 0.6) is 5.75 Å². The Balaban J connectivity index is 1.86. The number of hydrogen-bond acceptors (Lipinski definition) is 4. The highest BCUT2D eigenvalue weighted by Gasteiger charge is 2.67. The number of hydrogen-bond donors (Lipinski definition) is 1. The van der Waals surface area contributed by atoms with Gasteiger partial charge in [0.15, 0.2) is 5.41 Å². The van der Waals surface area contributed by atoms with Crippen LogP contribution in [-0.2, 0) is 20.5 Å². The van der Waals surface area contributed by atoms with Crippen molar-refractivity contribution >= 4 is 17.6 Å². The second-order valence-corrected chi connectivity index (χ2v) is 6.75. The van der Waals surface area contributed by atoms with Crippen LogP contribution in [0.15, 0.2) is 48.5 Å². The largest absolute Gasteiger partial charge is 0.497 e. The minimum Gasteiger partial charge on any atom is -0.497 e. The van der Waals surface area contributed by atoms with Gasteiger partial charge in [0.2, 0.25) is 5.91 Å². The molecule has 154 valence electrons. The summed E-state index contributed by atoms with van der Waals surface area (Å²) in [5.41, 5.74) is -1.34. The lowest BCUT2D eigenvalue weighted by Crippen LogP contribution is -2.34. The fraction of sp³-hybridized carbons (Fsp3) is 0.333. The molecule has 8 heteroatoms. The summed E-state index contributed by atoms with van der Waals surface area (Å²) in [4.78, 5) is 25.6. The molecule has 0 saturated heterocycles. The molecule has 2 atom stereocenters. The van der Waals surface area contributed by atoms with Gasteiger partial charge in [-0.2, -0.15) is 13.2 Å². The first-order chi connectivity index (χ1) is 13.7. The Bertz CT molecular complexity index is 911. The van der Waals surface area contributed by atoms with Crippen LogP contribution in [0, 0.1) is 5.41 Å². The van der Waals surface area contributed by atoms with Crippen molar-refractivity contribution in [3.05, 3.63) is 59.7 Å². The van der Waals surface area contributed by atoms with Gasteiger partial charge in [0.1, 0.15) is 5.75 Å². The van der Waals surface area contributed by atoms with E-state index < -0.39 is 34.9 Å². The summed E-state index contributed by atoms with van der Waals surface area (Å²) < 4.78 is 48.6. The van der Waals surface area contributed by atoms with Crippen molar-refractivity contribution in [2.45, 2.75) is 25.4 Å². The molecule has 0 heterocycles. The molecule has 2 aromatic rings. The summed E-state index contributed by atoms with van der Waals surface area (Å²) in [5.74, 6) is -1.28. The van der Waals surface area contributed by atoms with Crippen LogP contribution in [-0.4, -0.2) is 25.6 Å². The van der Waals surface area contributed by atoms with Gasteiger partial charge in [-0.1, -0.05) is 18.2 Å². The van der Waals surface area contributed by atoms with Gasteiger partial charge in [0, 0.05) is 17.7 Å². The summed E-state index contributed by atoms with van der Waals surface area (Å²) in [7, 11) is 1.49. The Hall–Kier alpha value is -3.03. The molecule has 2 unspecified atom stereocenters. The first-order valence-electron chi connectivity index (χ1n) is 9.02. The number of anilines is 1. The number of esters is 1. The number of ether oxygens (including phenoxy) is 2. The van der Waals surface area contributed by atoms with Gasteiger partial charge in [-0.05, 0) is 43.2 Å². The van der Waals surface area contributed by atoms with Crippen molar-refractivity contribution in [1.82, 2.24) is 0 Å². The van der Waals surface area contributed by atoms with Crippen LogP contribution < -0.4 is 10.1 Å². The standard InChI is InChI=1S/C21H20F3NO4/c1-3-29-19(27)20(18(26)25-15-5-4-6-16(11-15)28-2)12-17(20)13-7-9-14(10-8-13)21(22,23)24/h4-11,17H,3,12H2,1-2H3,(H,25,26). The normalized spacial score (nSPS) is 20.7. The number of benzene rings is 2. The van der Waals surface area contributed by atoms with Crippen molar-refractivity contribution in [3.8, 4) is 5.75 Å². The highest BCUT2D eigenvalue weighted by Crippen LogP contribution is 2.60. The topological polar surface area (TPSA) is 64.6 Å². The maximum atomic E-state index is 13.0. The lowest BCUT2D eigenvalue weighted by Gasteiger charge is -2.17. The maximum absolute atomic E-state index is 13.0. The maximum Gasteiger partial charge on any atom is 0.416 e. The quantitative estimate of drug-likeness (QED) is 0.570. The SMILES string of the molecule is CCOC(=O)C1(C(=O)Nc2cccc(OC)c2)CC1c1ccc(C(F)(F)F)cc1. The van der Waals surface area contributed by atoms with Gasteiger partial charge in [-0.15, -0.1) is 0 Å². The van der Waals surface area contributed by atoms with E-state index in [1.54, 1.807) is 31.2 Å². The molecular formula is C21H20F3NO4. The summed E-state index contributed by atoms with van der Waals surface area (Å²) in [5, 5.41) is 2.69. The zero-order valence-electron chi connectivity index (χ0n) is 15.9. The van der Waals surface area contributed by atoms with Crippen LogP contribution >= 0.6 is 0 Å². The third-order valence-corrected chi connectivity index (χ3v) is 4.97. The zero-order valence-corrected chi connectivity index (χ0v) is 15.9. The first-order valence-corrected chi connectivity index (χ1v) is 9.02. The number of halogens is 3. The van der Waals surface area contributed by atoms with Crippen LogP contribution in [0.1, 0.15) is 30.4 Å². The van der Waals surface area contributed by atoms with E-state index in [4.69, 9.17) is 9.47 Å². The number of methoxy groups -OCH3 is 1. The summed E-state index contributed by atoms with van der Waals surface area (Å²) >= 11 is 0. The summed E-state index contributed by atoms with van der Waals surface area (Å²) in [6.07, 6.45) is -4.29. The van der Waals surface area contributed by atoms with Gasteiger partial charge in [-0.25, -0.2) is 0 Å². The molecule has 0 radical (unpaired) electrons. The minimum absolute atomic E-state index is 0.0900. The van der Waals surface area contributed by atoms with Crippen LogP contribution in [0.4, 0.5) is 18.9 Å². The van der Waals surface area contributed by atoms with E-state index in [1.807, 2.05) is 0 Å². The Kier molecular flexibility index (Phi) is 5.55. The number of nitrogens with one attached hydrogen (secondary N) is 1. The van der Waals surface area contributed by atoms with E-state index in [0.29, 0.717) is 17.0 Å². The van der Waals surface area contributed by atoms with E-state index in [1.165, 1.54) is 19.2 Å². The molecule has 1 N–H and O–H groups in total. The Labute approximate surface area is 165 Å². The average molecular weight is 407 g/mol. The first kappa shape index (κ1) is 20.7. The molecule has 1 aliphatic carbocycles. The van der Waals surface area contributed by atoms with E-state index in [0.717, 1.165) is 12.1 Å². The molecule has 0 bridgehead atoms. The molecule has 1 amide bonds. The van der Waals surface area contributed by atoms with Gasteiger partial charge in [-0.3, -0.25) is 9.59 Å². The number of amides is 1. The van der Waals surface area contributed by atoms with E-state index >= 15 is 0 Å². The van der Waals surface area contributed by atoms with Gasteiger partial charge in [0.05, 0.1) is 19.3 Å². The summed E-state index contributed by atoms with van der Waals surface area (Å²) in [6.45, 7) is 1.72. The van der Waals surface area contributed by atoms with E-state index in [-0.39, 0.29) is 13.0 Å². The lowest BCUT2D eigenvalue weighted by molar-refractivity contribution is -0.153. The Morgan fingerprint density at radius 1 is 1.17 bits per heavy atom. The predicted molar refractivity (Wildman–Crippen MR) is 99.5 cm³/mol. The fourth-order valence-electron chi connectivity index (χ4n) is 3.34. The number of alkyl halides is 3. The van der Waals surface area contributed by atoms with Crippen molar-refractivity contribution in [2.24, 2.45) is 5.41 Å². The molecule has 5 nitrogen and oxygen atoms in total. The highest BCUT2D eigenvalue weighted by atomic mass is 19.4. The third-order valence-electron chi connectivity index (χ3n) is 4.97. The van der Waals surface area contributed by atoms with Crippen molar-refractivity contribution < 1.29 is 32.2 Å². The van der Waals surface area contributed by atoms with Gasteiger partial charge >= 0.3 is 12.1 Å². The molecule has 1 saturated carbocycles. The van der Waals surface area contributed by atoms with E-state index in [9.17, 15) is 22.8 Å². The molecular weight excluding hydrogens is 387 g/mol. The van der Waals surface area contributed by atoms with Crippen molar-refractivity contribution in [2.75, 3.05) is 19.0 Å². The highest BCUT2D eigenvalue weighted by molar-refractivity contribution is 6.13. The zero-order chi connectivity index (χ0) is 21.2. The van der Waals surface area contributed by atoms with Gasteiger partial charge in [0.25, 0.3) is 0 Å². The second-order valence-electron chi connectivity index (χ2n) is 6.75. The molecule has 29 heavy (non-hydrogen) atoms. The third kappa shape index (κ3) is 4.06. The number of rotatable bonds is 6. The Morgan fingerprint density at radius 3 is 2.45 bits per heavy atom. The molecule has 1 aliphatic rings. The molecule has 1 fully saturated rings. The van der Waals surface area contributed by atoms with Crippen LogP contribution in [0.25, 0.3) is 0 Å². The van der Waals surface area contributed by atoms with Gasteiger partial charge < -0.3 is 14.8 Å².